The van der Waals surface area contributed by atoms with Gasteiger partial charge in [-0.15, -0.1) is 0 Å². The molecule has 1 saturated carbocycles. The number of nitrogens with one attached hydrogen (secondary N) is 3. The van der Waals surface area contributed by atoms with E-state index in [-0.39, 0.29) is 11.9 Å². The van der Waals surface area contributed by atoms with Crippen molar-refractivity contribution in [3.63, 3.8) is 0 Å². The zero-order chi connectivity index (χ0) is 25.1. The lowest BCUT2D eigenvalue weighted by Gasteiger charge is -2.32. The van der Waals surface area contributed by atoms with Crippen LogP contribution in [-0.4, -0.2) is 81.2 Å². The second-order valence-corrected chi connectivity index (χ2v) is 8.97. The normalized spacial score (nSPS) is 21.5. The number of aromatic nitrogens is 5. The molecule has 2 aliphatic rings. The fraction of sp³-hybridized carbons (Fsp3) is 0.440. The minimum absolute atomic E-state index is 0.214. The van der Waals surface area contributed by atoms with Crippen LogP contribution in [0.25, 0.3) is 27.9 Å². The molecule has 4 aromatic heterocycles. The molecule has 1 saturated heterocycles. The van der Waals surface area contributed by atoms with Crippen molar-refractivity contribution in [3.05, 3.63) is 42.4 Å². The maximum absolute atomic E-state index is 12.7. The smallest absolute Gasteiger partial charge is 0.257 e. The van der Waals surface area contributed by atoms with Crippen LogP contribution in [0.15, 0.2) is 36.8 Å². The lowest BCUT2D eigenvalue weighted by Crippen LogP contribution is -2.50. The molecule has 0 radical (unpaired) electrons. The standard InChI is InChI=1S/C19H19N7O2.C6H12O2/c1-20-16-7-14(11-8-22-17-10(11)3-2-6-21-17)24-18-12(9-23-26(16)18)19(28)25-13-4-5-15(13)27;1-7-6-3-2-4-8-5-6/h2-3,6-9,13,15,20,27H,4-5H2,1H3,(H,21,22)(H,25,28);6H,2-5H2,1H3. The number of aromatic amines is 1. The van der Waals surface area contributed by atoms with Crippen molar-refractivity contribution in [2.75, 3.05) is 32.7 Å². The van der Waals surface area contributed by atoms with Crippen LogP contribution in [0.2, 0.25) is 0 Å². The van der Waals surface area contributed by atoms with Crippen LogP contribution in [0.1, 0.15) is 36.0 Å². The summed E-state index contributed by atoms with van der Waals surface area (Å²) in [6.07, 6.45) is 8.77. The third-order valence-electron chi connectivity index (χ3n) is 6.71. The molecule has 6 rings (SSSR count). The molecular weight excluding hydrogens is 462 g/mol. The average molecular weight is 494 g/mol. The molecule has 4 N–H and O–H groups in total. The molecule has 1 aliphatic heterocycles. The highest BCUT2D eigenvalue weighted by Crippen LogP contribution is 2.29. The summed E-state index contributed by atoms with van der Waals surface area (Å²) in [5.74, 6) is 0.423. The van der Waals surface area contributed by atoms with E-state index in [1.165, 1.54) is 6.20 Å². The number of carbonyl (C=O) groups excluding carboxylic acids is 1. The minimum atomic E-state index is -0.485. The summed E-state index contributed by atoms with van der Waals surface area (Å²) >= 11 is 0. The molecular formula is C25H31N7O4. The quantitative estimate of drug-likeness (QED) is 0.332. The summed E-state index contributed by atoms with van der Waals surface area (Å²) in [6.45, 7) is 1.70. The molecule has 3 unspecified atom stereocenters. The van der Waals surface area contributed by atoms with Crippen LogP contribution in [0.4, 0.5) is 5.82 Å². The largest absolute Gasteiger partial charge is 0.391 e. The van der Waals surface area contributed by atoms with E-state index in [1.54, 1.807) is 24.9 Å². The molecule has 1 aliphatic carbocycles. The highest BCUT2D eigenvalue weighted by molar-refractivity contribution is 6.01. The number of nitrogens with zero attached hydrogens (tertiary/aromatic N) is 4. The first-order valence-corrected chi connectivity index (χ1v) is 12.2. The predicted octanol–water partition coefficient (Wildman–Crippen LogP) is 2.38. The van der Waals surface area contributed by atoms with Gasteiger partial charge >= 0.3 is 0 Å². The van der Waals surface area contributed by atoms with Crippen molar-refractivity contribution in [1.82, 2.24) is 29.9 Å². The summed E-state index contributed by atoms with van der Waals surface area (Å²) in [5.41, 5.74) is 3.19. The first-order valence-electron chi connectivity index (χ1n) is 12.2. The van der Waals surface area contributed by atoms with E-state index < -0.39 is 6.10 Å². The van der Waals surface area contributed by atoms with E-state index in [9.17, 15) is 9.90 Å². The monoisotopic (exact) mass is 493 g/mol. The maximum atomic E-state index is 12.7. The molecule has 0 spiro atoms. The number of fused-ring (bicyclic) bond motifs is 2. The summed E-state index contributed by atoms with van der Waals surface area (Å²) < 4.78 is 11.8. The third-order valence-corrected chi connectivity index (χ3v) is 6.71. The molecule has 11 nitrogen and oxygen atoms in total. The van der Waals surface area contributed by atoms with Crippen molar-refractivity contribution in [1.29, 1.82) is 0 Å². The van der Waals surface area contributed by atoms with Gasteiger partial charge in [-0.3, -0.25) is 4.79 Å². The highest BCUT2D eigenvalue weighted by atomic mass is 16.5. The highest BCUT2D eigenvalue weighted by Gasteiger charge is 2.31. The Labute approximate surface area is 208 Å². The number of anilines is 1. The number of hydrogen-bond acceptors (Lipinski definition) is 8. The second kappa shape index (κ2) is 10.6. The van der Waals surface area contributed by atoms with E-state index in [0.717, 1.165) is 49.1 Å². The number of carbonyl (C=O) groups is 1. The molecule has 0 aromatic carbocycles. The number of pyridine rings is 1. The Kier molecular flexibility index (Phi) is 7.12. The van der Waals surface area contributed by atoms with Crippen LogP contribution < -0.4 is 10.6 Å². The van der Waals surface area contributed by atoms with Gasteiger partial charge in [0.2, 0.25) is 0 Å². The number of H-pyrrole nitrogens is 1. The molecule has 3 atom stereocenters. The van der Waals surface area contributed by atoms with E-state index in [1.807, 2.05) is 24.4 Å². The lowest BCUT2D eigenvalue weighted by atomic mass is 9.89. The molecule has 0 bridgehead atoms. The van der Waals surface area contributed by atoms with Gasteiger partial charge in [-0.2, -0.15) is 9.61 Å². The summed E-state index contributed by atoms with van der Waals surface area (Å²) in [7, 11) is 3.53. The van der Waals surface area contributed by atoms with Crippen molar-refractivity contribution in [2.45, 2.75) is 43.9 Å². The average Bonchev–Trinajstić information content (AvgIpc) is 3.55. The Hall–Kier alpha value is -3.54. The number of hydrogen-bond donors (Lipinski definition) is 4. The van der Waals surface area contributed by atoms with E-state index >= 15 is 0 Å². The number of aliphatic hydroxyl groups excluding tert-OH is 1. The molecule has 2 fully saturated rings. The minimum Gasteiger partial charge on any atom is -0.391 e. The first kappa shape index (κ1) is 24.2. The Morgan fingerprint density at radius 2 is 2.22 bits per heavy atom. The van der Waals surface area contributed by atoms with Crippen LogP contribution in [0, 0.1) is 0 Å². The number of methoxy groups -OCH3 is 1. The molecule has 1 amide bonds. The van der Waals surface area contributed by atoms with Gasteiger partial charge in [0, 0.05) is 50.2 Å². The summed E-state index contributed by atoms with van der Waals surface area (Å²) in [6, 6.07) is 5.52. The first-order chi connectivity index (χ1) is 17.6. The van der Waals surface area contributed by atoms with Crippen molar-refractivity contribution < 1.29 is 19.4 Å². The number of ether oxygens (including phenoxy) is 2. The predicted molar refractivity (Wildman–Crippen MR) is 135 cm³/mol. The van der Waals surface area contributed by atoms with Gasteiger partial charge in [0.25, 0.3) is 5.91 Å². The second-order valence-electron chi connectivity index (χ2n) is 8.97. The fourth-order valence-electron chi connectivity index (χ4n) is 4.40. The number of aliphatic hydroxyl groups is 1. The Morgan fingerprint density at radius 3 is 2.89 bits per heavy atom. The zero-order valence-electron chi connectivity index (χ0n) is 20.4. The molecule has 4 aromatic rings. The lowest BCUT2D eigenvalue weighted by molar-refractivity contribution is -0.0291. The van der Waals surface area contributed by atoms with Gasteiger partial charge in [0.15, 0.2) is 5.65 Å². The Balaban J connectivity index is 0.000000286. The van der Waals surface area contributed by atoms with Crippen molar-refractivity contribution in [3.8, 4) is 11.3 Å². The van der Waals surface area contributed by atoms with E-state index in [4.69, 9.17) is 14.5 Å². The van der Waals surface area contributed by atoms with Crippen LogP contribution in [-0.2, 0) is 9.47 Å². The number of rotatable bonds is 5. The van der Waals surface area contributed by atoms with E-state index in [2.05, 4.69) is 25.7 Å². The fourth-order valence-corrected chi connectivity index (χ4v) is 4.40. The molecule has 36 heavy (non-hydrogen) atoms. The Bertz CT molecular complexity index is 1340. The van der Waals surface area contributed by atoms with Gasteiger partial charge in [-0.1, -0.05) is 0 Å². The zero-order valence-corrected chi connectivity index (χ0v) is 20.4. The summed E-state index contributed by atoms with van der Waals surface area (Å²) in [5, 5.41) is 21.0. The van der Waals surface area contributed by atoms with Gasteiger partial charge in [0.05, 0.1) is 36.7 Å². The third kappa shape index (κ3) is 4.77. The van der Waals surface area contributed by atoms with Crippen molar-refractivity contribution in [2.24, 2.45) is 0 Å². The maximum Gasteiger partial charge on any atom is 0.257 e. The molecule has 190 valence electrons. The molecule has 11 heteroatoms. The summed E-state index contributed by atoms with van der Waals surface area (Å²) in [4.78, 5) is 24.9. The van der Waals surface area contributed by atoms with Gasteiger partial charge in [-0.05, 0) is 37.8 Å². The van der Waals surface area contributed by atoms with Crippen LogP contribution >= 0.6 is 0 Å². The van der Waals surface area contributed by atoms with Gasteiger partial charge < -0.3 is 30.2 Å². The topological polar surface area (TPSA) is 139 Å². The Morgan fingerprint density at radius 1 is 1.33 bits per heavy atom. The van der Waals surface area contributed by atoms with Gasteiger partial charge in [-0.25, -0.2) is 9.97 Å². The van der Waals surface area contributed by atoms with Gasteiger partial charge in [0.1, 0.15) is 17.0 Å². The SMILES string of the molecule is CNc1cc(-c2c[nH]c3ncccc23)nc2c(C(=O)NC3CCC3O)cnn12.COC1CCCOC1. The van der Waals surface area contributed by atoms with Crippen LogP contribution in [0.3, 0.4) is 0 Å². The van der Waals surface area contributed by atoms with Crippen LogP contribution in [0.5, 0.6) is 0 Å². The van der Waals surface area contributed by atoms with Crippen molar-refractivity contribution >= 4 is 28.4 Å². The van der Waals surface area contributed by atoms with E-state index in [0.29, 0.717) is 35.2 Å². The number of amides is 1. The molecule has 5 heterocycles.